The van der Waals surface area contributed by atoms with Crippen LogP contribution in [0, 0.1) is 13.8 Å². The first-order valence-corrected chi connectivity index (χ1v) is 7.50. The lowest BCUT2D eigenvalue weighted by molar-refractivity contribution is 0.100. The van der Waals surface area contributed by atoms with Gasteiger partial charge in [-0.05, 0) is 50.6 Å². The van der Waals surface area contributed by atoms with Crippen LogP contribution in [0.3, 0.4) is 0 Å². The number of carbonyl (C=O) groups is 1. The van der Waals surface area contributed by atoms with Crippen molar-refractivity contribution >= 4 is 34.5 Å². The second-order valence-corrected chi connectivity index (χ2v) is 6.66. The molecular formula is C15H17ClN2OS. The van der Waals surface area contributed by atoms with Crippen molar-refractivity contribution in [3.05, 3.63) is 50.2 Å². The maximum absolute atomic E-state index is 11.2. The summed E-state index contributed by atoms with van der Waals surface area (Å²) >= 11 is 7.94. The third kappa shape index (κ3) is 3.14. The van der Waals surface area contributed by atoms with Crippen LogP contribution in [-0.2, 0) is 0 Å². The zero-order chi connectivity index (χ0) is 14.9. The minimum atomic E-state index is -0.458. The number of halogens is 1. The summed E-state index contributed by atoms with van der Waals surface area (Å²) in [5.74, 6) is -0.458. The molecule has 0 radical (unpaired) electrons. The predicted molar refractivity (Wildman–Crippen MR) is 85.8 cm³/mol. The summed E-state index contributed by atoms with van der Waals surface area (Å²) in [6.45, 7) is 6.27. The number of nitrogens with two attached hydrogens (primary N) is 1. The Bertz CT molecular complexity index is 651. The van der Waals surface area contributed by atoms with Gasteiger partial charge >= 0.3 is 0 Å². The van der Waals surface area contributed by atoms with Gasteiger partial charge in [0.1, 0.15) is 0 Å². The van der Waals surface area contributed by atoms with Gasteiger partial charge in [0.15, 0.2) is 0 Å². The van der Waals surface area contributed by atoms with E-state index in [4.69, 9.17) is 17.3 Å². The fraction of sp³-hybridized carbons (Fsp3) is 0.267. The highest BCUT2D eigenvalue weighted by Crippen LogP contribution is 2.31. The number of anilines is 1. The molecule has 3 N–H and O–H groups in total. The van der Waals surface area contributed by atoms with E-state index >= 15 is 0 Å². The summed E-state index contributed by atoms with van der Waals surface area (Å²) in [7, 11) is 0. The molecule has 1 amide bonds. The Labute approximate surface area is 127 Å². The number of rotatable bonds is 4. The van der Waals surface area contributed by atoms with Crippen LogP contribution in [0.4, 0.5) is 5.69 Å². The number of hydrogen-bond acceptors (Lipinski definition) is 3. The molecule has 1 atom stereocenters. The molecule has 2 aromatic rings. The number of amides is 1. The van der Waals surface area contributed by atoms with E-state index in [2.05, 4.69) is 32.2 Å². The van der Waals surface area contributed by atoms with Gasteiger partial charge in [0.2, 0.25) is 5.91 Å². The second kappa shape index (κ2) is 5.85. The SMILES string of the molecule is Cc1cc(C(C)Nc2cc(C(N)=O)ccc2Cl)c(C)s1. The number of benzene rings is 1. The Morgan fingerprint density at radius 2 is 2.05 bits per heavy atom. The number of thiophene rings is 1. The Morgan fingerprint density at radius 1 is 1.35 bits per heavy atom. The minimum absolute atomic E-state index is 0.112. The van der Waals surface area contributed by atoms with E-state index in [1.807, 2.05) is 0 Å². The molecule has 0 spiro atoms. The van der Waals surface area contributed by atoms with Gasteiger partial charge in [-0.2, -0.15) is 0 Å². The van der Waals surface area contributed by atoms with Crippen LogP contribution in [0.1, 0.15) is 38.6 Å². The van der Waals surface area contributed by atoms with Crippen molar-refractivity contribution in [3.8, 4) is 0 Å². The molecule has 1 aromatic heterocycles. The molecular weight excluding hydrogens is 292 g/mol. The highest BCUT2D eigenvalue weighted by atomic mass is 35.5. The summed E-state index contributed by atoms with van der Waals surface area (Å²) in [5, 5.41) is 3.92. The van der Waals surface area contributed by atoms with Crippen molar-refractivity contribution in [2.75, 3.05) is 5.32 Å². The molecule has 1 heterocycles. The second-order valence-electron chi connectivity index (χ2n) is 4.79. The summed E-state index contributed by atoms with van der Waals surface area (Å²) in [4.78, 5) is 13.8. The molecule has 106 valence electrons. The van der Waals surface area contributed by atoms with Gasteiger partial charge in [-0.3, -0.25) is 4.79 Å². The van der Waals surface area contributed by atoms with Gasteiger partial charge in [0.25, 0.3) is 0 Å². The van der Waals surface area contributed by atoms with Crippen molar-refractivity contribution in [2.45, 2.75) is 26.8 Å². The number of aryl methyl sites for hydroxylation is 2. The molecule has 0 saturated heterocycles. The van der Waals surface area contributed by atoms with Crippen LogP contribution >= 0.6 is 22.9 Å². The average molecular weight is 309 g/mol. The quantitative estimate of drug-likeness (QED) is 0.885. The first kappa shape index (κ1) is 14.9. The smallest absolute Gasteiger partial charge is 0.248 e. The highest BCUT2D eigenvalue weighted by Gasteiger charge is 2.13. The minimum Gasteiger partial charge on any atom is -0.377 e. The van der Waals surface area contributed by atoms with E-state index in [9.17, 15) is 4.79 Å². The molecule has 1 unspecified atom stereocenters. The molecule has 5 heteroatoms. The van der Waals surface area contributed by atoms with Crippen molar-refractivity contribution in [2.24, 2.45) is 5.73 Å². The number of primary amides is 1. The van der Waals surface area contributed by atoms with Crippen LogP contribution in [0.15, 0.2) is 24.3 Å². The maximum atomic E-state index is 11.2. The molecule has 1 aromatic carbocycles. The average Bonchev–Trinajstić information content (AvgIpc) is 2.71. The zero-order valence-corrected chi connectivity index (χ0v) is 13.2. The van der Waals surface area contributed by atoms with Gasteiger partial charge in [-0.1, -0.05) is 11.6 Å². The van der Waals surface area contributed by atoms with Crippen LogP contribution in [0.5, 0.6) is 0 Å². The van der Waals surface area contributed by atoms with E-state index in [-0.39, 0.29) is 6.04 Å². The van der Waals surface area contributed by atoms with E-state index in [0.717, 1.165) is 5.69 Å². The number of carbonyl (C=O) groups excluding carboxylic acids is 1. The monoisotopic (exact) mass is 308 g/mol. The van der Waals surface area contributed by atoms with Crippen molar-refractivity contribution in [1.82, 2.24) is 0 Å². The van der Waals surface area contributed by atoms with Crippen LogP contribution in [-0.4, -0.2) is 5.91 Å². The molecule has 0 aliphatic rings. The third-order valence-corrected chi connectivity index (χ3v) is 4.48. The van der Waals surface area contributed by atoms with Crippen LogP contribution in [0.25, 0.3) is 0 Å². The van der Waals surface area contributed by atoms with Crippen molar-refractivity contribution in [3.63, 3.8) is 0 Å². The van der Waals surface area contributed by atoms with Gasteiger partial charge in [0, 0.05) is 21.4 Å². The summed E-state index contributed by atoms with van der Waals surface area (Å²) in [6.07, 6.45) is 0. The molecule has 0 aliphatic heterocycles. The van der Waals surface area contributed by atoms with E-state index in [1.165, 1.54) is 15.3 Å². The molecule has 0 bridgehead atoms. The van der Waals surface area contributed by atoms with Crippen molar-refractivity contribution in [1.29, 1.82) is 0 Å². The van der Waals surface area contributed by atoms with Crippen LogP contribution in [0.2, 0.25) is 5.02 Å². The predicted octanol–water partition coefficient (Wildman–Crippen LogP) is 4.29. The Balaban J connectivity index is 2.27. The topological polar surface area (TPSA) is 55.1 Å². The molecule has 3 nitrogen and oxygen atoms in total. The van der Waals surface area contributed by atoms with Gasteiger partial charge in [-0.15, -0.1) is 11.3 Å². The van der Waals surface area contributed by atoms with E-state index in [0.29, 0.717) is 10.6 Å². The molecule has 0 aliphatic carbocycles. The molecule has 0 saturated carbocycles. The maximum Gasteiger partial charge on any atom is 0.248 e. The lowest BCUT2D eigenvalue weighted by Gasteiger charge is -2.17. The number of hydrogen-bond donors (Lipinski definition) is 2. The standard InChI is InChI=1S/C15H17ClN2OS/c1-8-6-12(10(3)20-8)9(2)18-14-7-11(15(17)19)4-5-13(14)16/h4-7,9,18H,1-3H3,(H2,17,19). The van der Waals surface area contributed by atoms with Gasteiger partial charge in [-0.25, -0.2) is 0 Å². The Morgan fingerprint density at radius 3 is 2.60 bits per heavy atom. The Hall–Kier alpha value is -1.52. The normalized spacial score (nSPS) is 12.2. The summed E-state index contributed by atoms with van der Waals surface area (Å²) < 4.78 is 0. The lowest BCUT2D eigenvalue weighted by Crippen LogP contribution is -2.12. The Kier molecular flexibility index (Phi) is 4.35. The third-order valence-electron chi connectivity index (χ3n) is 3.17. The fourth-order valence-corrected chi connectivity index (χ4v) is 3.38. The zero-order valence-electron chi connectivity index (χ0n) is 11.7. The van der Waals surface area contributed by atoms with E-state index < -0.39 is 5.91 Å². The van der Waals surface area contributed by atoms with Crippen LogP contribution < -0.4 is 11.1 Å². The highest BCUT2D eigenvalue weighted by molar-refractivity contribution is 7.12. The first-order chi connectivity index (χ1) is 9.38. The van der Waals surface area contributed by atoms with Gasteiger partial charge < -0.3 is 11.1 Å². The van der Waals surface area contributed by atoms with Crippen molar-refractivity contribution < 1.29 is 4.79 Å². The number of nitrogens with one attached hydrogen (secondary N) is 1. The largest absolute Gasteiger partial charge is 0.377 e. The first-order valence-electron chi connectivity index (χ1n) is 6.31. The summed E-state index contributed by atoms with van der Waals surface area (Å²) in [6, 6.07) is 7.28. The summed E-state index contributed by atoms with van der Waals surface area (Å²) in [5.41, 5.74) is 7.71. The fourth-order valence-electron chi connectivity index (χ4n) is 2.18. The van der Waals surface area contributed by atoms with Gasteiger partial charge in [0.05, 0.1) is 10.7 Å². The lowest BCUT2D eigenvalue weighted by atomic mass is 10.1. The van der Waals surface area contributed by atoms with E-state index in [1.54, 1.807) is 29.5 Å². The molecule has 20 heavy (non-hydrogen) atoms. The molecule has 2 rings (SSSR count). The molecule has 0 fully saturated rings.